The molecule has 78 valence electrons. The molecule has 2 rings (SSSR count). The van der Waals surface area contributed by atoms with E-state index in [1.807, 2.05) is 0 Å². The lowest BCUT2D eigenvalue weighted by molar-refractivity contribution is -0.0417. The molecule has 0 aromatic rings. The number of rotatable bonds is 1. The minimum absolute atomic E-state index is 0. The molecule has 0 spiro atoms. The molecule has 2 aliphatic rings. The van der Waals surface area contributed by atoms with Gasteiger partial charge in [0, 0.05) is 52.4 Å². The van der Waals surface area contributed by atoms with Gasteiger partial charge in [-0.2, -0.15) is 0 Å². The third-order valence-corrected chi connectivity index (χ3v) is 2.59. The Morgan fingerprint density at radius 2 is 0.923 bits per heavy atom. The first-order chi connectivity index (χ1) is 5.97. The van der Waals surface area contributed by atoms with Crippen molar-refractivity contribution in [1.82, 2.24) is 20.7 Å². The molecule has 0 bridgehead atoms. The highest BCUT2D eigenvalue weighted by Crippen LogP contribution is 2.01. The molecule has 0 aromatic carbocycles. The van der Waals surface area contributed by atoms with Crippen molar-refractivity contribution in [2.45, 2.75) is 0 Å². The maximum absolute atomic E-state index is 3.37. The van der Waals surface area contributed by atoms with Gasteiger partial charge in [0.2, 0.25) is 0 Å². The van der Waals surface area contributed by atoms with E-state index in [0.29, 0.717) is 0 Å². The van der Waals surface area contributed by atoms with Crippen LogP contribution in [-0.4, -0.2) is 62.4 Å². The highest BCUT2D eigenvalue weighted by molar-refractivity contribution is 5.85. The van der Waals surface area contributed by atoms with Gasteiger partial charge in [0.15, 0.2) is 0 Å². The van der Waals surface area contributed by atoms with Crippen LogP contribution >= 0.6 is 12.4 Å². The average molecular weight is 207 g/mol. The molecule has 0 radical (unpaired) electrons. The number of hydrazine groups is 1. The molecule has 2 fully saturated rings. The molecule has 2 heterocycles. The van der Waals surface area contributed by atoms with Crippen LogP contribution in [0.2, 0.25) is 0 Å². The molecule has 0 aliphatic carbocycles. The van der Waals surface area contributed by atoms with Crippen molar-refractivity contribution in [3.05, 3.63) is 0 Å². The third-order valence-electron chi connectivity index (χ3n) is 2.59. The Labute approximate surface area is 86.0 Å². The van der Waals surface area contributed by atoms with E-state index in [4.69, 9.17) is 0 Å². The van der Waals surface area contributed by atoms with Crippen molar-refractivity contribution in [2.24, 2.45) is 0 Å². The second-order valence-corrected chi connectivity index (χ2v) is 3.41. The lowest BCUT2D eigenvalue weighted by atomic mass is 10.4. The van der Waals surface area contributed by atoms with Gasteiger partial charge in [-0.05, 0) is 0 Å². The molecule has 0 unspecified atom stereocenters. The maximum atomic E-state index is 3.37. The minimum atomic E-state index is 0. The van der Waals surface area contributed by atoms with Crippen LogP contribution in [0.25, 0.3) is 0 Å². The fraction of sp³-hybridized carbons (Fsp3) is 1.00. The first-order valence-corrected chi connectivity index (χ1v) is 4.88. The Kier molecular flexibility index (Phi) is 4.98. The molecule has 0 atom stereocenters. The molecule has 5 heteroatoms. The Balaban J connectivity index is 0.000000845. The summed E-state index contributed by atoms with van der Waals surface area (Å²) in [6.07, 6.45) is 0. The van der Waals surface area contributed by atoms with E-state index in [2.05, 4.69) is 20.7 Å². The minimum Gasteiger partial charge on any atom is -0.314 e. The molecule has 2 N–H and O–H groups in total. The highest BCUT2D eigenvalue weighted by atomic mass is 35.5. The van der Waals surface area contributed by atoms with Gasteiger partial charge >= 0.3 is 0 Å². The van der Waals surface area contributed by atoms with E-state index in [1.165, 1.54) is 26.2 Å². The second kappa shape index (κ2) is 5.78. The SMILES string of the molecule is C1CN(N2CCNCC2)CCN1.Cl. The first kappa shape index (κ1) is 11.2. The monoisotopic (exact) mass is 206 g/mol. The second-order valence-electron chi connectivity index (χ2n) is 3.41. The van der Waals surface area contributed by atoms with E-state index in [-0.39, 0.29) is 12.4 Å². The van der Waals surface area contributed by atoms with Gasteiger partial charge in [-0.1, -0.05) is 0 Å². The van der Waals surface area contributed by atoms with Crippen LogP contribution in [-0.2, 0) is 0 Å². The molecule has 4 nitrogen and oxygen atoms in total. The molecular weight excluding hydrogens is 188 g/mol. The normalized spacial score (nSPS) is 26.8. The number of piperazine rings is 2. The predicted octanol–water partition coefficient (Wildman–Crippen LogP) is -0.866. The van der Waals surface area contributed by atoms with Crippen LogP contribution in [0.1, 0.15) is 0 Å². The molecule has 2 aliphatic heterocycles. The number of halogens is 1. The molecule has 0 aromatic heterocycles. The van der Waals surface area contributed by atoms with Crippen molar-refractivity contribution in [3.8, 4) is 0 Å². The van der Waals surface area contributed by atoms with Gasteiger partial charge in [0.1, 0.15) is 0 Å². The van der Waals surface area contributed by atoms with Crippen LogP contribution < -0.4 is 10.6 Å². The predicted molar refractivity (Wildman–Crippen MR) is 56.1 cm³/mol. The van der Waals surface area contributed by atoms with Crippen LogP contribution in [0.3, 0.4) is 0 Å². The first-order valence-electron chi connectivity index (χ1n) is 4.88. The third kappa shape index (κ3) is 3.07. The Morgan fingerprint density at radius 3 is 1.23 bits per heavy atom. The number of nitrogens with one attached hydrogen (secondary N) is 2. The van der Waals surface area contributed by atoms with Gasteiger partial charge in [0.05, 0.1) is 0 Å². The summed E-state index contributed by atoms with van der Waals surface area (Å²) in [5.41, 5.74) is 0. The zero-order valence-corrected chi connectivity index (χ0v) is 8.78. The fourth-order valence-corrected chi connectivity index (χ4v) is 1.87. The number of hydrogen-bond donors (Lipinski definition) is 2. The zero-order valence-electron chi connectivity index (χ0n) is 7.96. The van der Waals surface area contributed by atoms with Crippen LogP contribution in [0, 0.1) is 0 Å². The highest BCUT2D eigenvalue weighted by Gasteiger charge is 2.18. The summed E-state index contributed by atoms with van der Waals surface area (Å²) in [5.74, 6) is 0. The Hall–Kier alpha value is 0.130. The summed E-state index contributed by atoms with van der Waals surface area (Å²) in [7, 11) is 0. The summed E-state index contributed by atoms with van der Waals surface area (Å²) in [6.45, 7) is 9.29. The van der Waals surface area contributed by atoms with Crippen molar-refractivity contribution in [1.29, 1.82) is 0 Å². The number of nitrogens with zero attached hydrogens (tertiary/aromatic N) is 2. The Morgan fingerprint density at radius 1 is 0.615 bits per heavy atom. The van der Waals surface area contributed by atoms with Crippen molar-refractivity contribution < 1.29 is 0 Å². The fourth-order valence-electron chi connectivity index (χ4n) is 1.87. The van der Waals surface area contributed by atoms with E-state index in [0.717, 1.165) is 26.2 Å². The molecular formula is C8H19ClN4. The van der Waals surface area contributed by atoms with Crippen LogP contribution in [0.15, 0.2) is 0 Å². The van der Waals surface area contributed by atoms with Gasteiger partial charge in [-0.25, -0.2) is 10.0 Å². The topological polar surface area (TPSA) is 30.5 Å². The summed E-state index contributed by atoms with van der Waals surface area (Å²) < 4.78 is 0. The molecule has 13 heavy (non-hydrogen) atoms. The van der Waals surface area contributed by atoms with Crippen molar-refractivity contribution >= 4 is 12.4 Å². The maximum Gasteiger partial charge on any atom is 0.0259 e. The number of hydrogen-bond acceptors (Lipinski definition) is 4. The van der Waals surface area contributed by atoms with Gasteiger partial charge < -0.3 is 10.6 Å². The Bertz CT molecular complexity index is 116. The molecule has 0 amide bonds. The van der Waals surface area contributed by atoms with Crippen molar-refractivity contribution in [3.63, 3.8) is 0 Å². The van der Waals surface area contributed by atoms with Gasteiger partial charge in [-0.3, -0.25) is 0 Å². The quantitative estimate of drug-likeness (QED) is 0.585. The smallest absolute Gasteiger partial charge is 0.0259 e. The summed E-state index contributed by atoms with van der Waals surface area (Å²) in [6, 6.07) is 0. The van der Waals surface area contributed by atoms with Crippen molar-refractivity contribution in [2.75, 3.05) is 52.4 Å². The van der Waals surface area contributed by atoms with Crippen LogP contribution in [0.5, 0.6) is 0 Å². The lowest BCUT2D eigenvalue weighted by Crippen LogP contribution is -2.57. The van der Waals surface area contributed by atoms with Gasteiger partial charge in [-0.15, -0.1) is 12.4 Å². The largest absolute Gasteiger partial charge is 0.314 e. The summed E-state index contributed by atoms with van der Waals surface area (Å²) >= 11 is 0. The van der Waals surface area contributed by atoms with E-state index >= 15 is 0 Å². The van der Waals surface area contributed by atoms with Gasteiger partial charge in [0.25, 0.3) is 0 Å². The average Bonchev–Trinajstić information content (AvgIpc) is 2.21. The summed E-state index contributed by atoms with van der Waals surface area (Å²) in [4.78, 5) is 0. The van der Waals surface area contributed by atoms with E-state index in [1.54, 1.807) is 0 Å². The van der Waals surface area contributed by atoms with E-state index in [9.17, 15) is 0 Å². The lowest BCUT2D eigenvalue weighted by Gasteiger charge is -2.39. The molecule has 2 saturated heterocycles. The molecule has 0 saturated carbocycles. The zero-order chi connectivity index (χ0) is 8.23. The summed E-state index contributed by atoms with van der Waals surface area (Å²) in [5, 5.41) is 11.7. The standard InChI is InChI=1S/C8H18N4.ClH/c1-5-11(6-2-9-1)12-7-3-10-4-8-12;/h9-10H,1-8H2;1H. The van der Waals surface area contributed by atoms with E-state index < -0.39 is 0 Å². The van der Waals surface area contributed by atoms with Crippen LogP contribution in [0.4, 0.5) is 0 Å².